The number of hydrogen-bond donors (Lipinski definition) is 0. The summed E-state index contributed by atoms with van der Waals surface area (Å²) in [5, 5.41) is 0. The Hall–Kier alpha value is -0.710. The van der Waals surface area contributed by atoms with E-state index in [-0.39, 0.29) is 12.8 Å². The lowest BCUT2D eigenvalue weighted by Gasteiger charge is -1.79. The van der Waals surface area contributed by atoms with Gasteiger partial charge in [0, 0.05) is 23.3 Å². The van der Waals surface area contributed by atoms with E-state index in [0.717, 1.165) is 0 Å². The second kappa shape index (κ2) is 5.01. The first-order valence-corrected chi connectivity index (χ1v) is 4.97. The zero-order chi connectivity index (χ0) is 8.85. The van der Waals surface area contributed by atoms with Gasteiger partial charge in [0.05, 0.1) is 12.8 Å². The molecule has 64 valence electrons. The molecule has 0 bridgehead atoms. The van der Waals surface area contributed by atoms with Crippen LogP contribution in [0.5, 0.6) is 0 Å². The molecule has 11 heavy (non-hydrogen) atoms. The number of rotatable bonds is 0. The van der Waals surface area contributed by atoms with Gasteiger partial charge in [-0.15, -0.1) is 0 Å². The third-order valence-corrected chi connectivity index (χ3v) is 0.761. The van der Waals surface area contributed by atoms with Crippen molar-refractivity contribution in [2.75, 3.05) is 12.5 Å². The SMILES string of the molecule is CS(C)=O.O=C1CCC(=O)O1. The number of carbonyl (C=O) groups excluding carboxylic acids is 2. The Morgan fingerprint density at radius 3 is 1.55 bits per heavy atom. The van der Waals surface area contributed by atoms with E-state index in [4.69, 9.17) is 0 Å². The van der Waals surface area contributed by atoms with Crippen LogP contribution in [0.4, 0.5) is 0 Å². The van der Waals surface area contributed by atoms with Crippen LogP contribution in [0, 0.1) is 0 Å². The van der Waals surface area contributed by atoms with Gasteiger partial charge < -0.3 is 4.74 Å². The molecule has 0 aliphatic carbocycles. The Bertz CT molecular complexity index is 169. The molecule has 1 rings (SSSR count). The van der Waals surface area contributed by atoms with E-state index in [0.29, 0.717) is 0 Å². The average Bonchev–Trinajstić information content (AvgIpc) is 2.13. The maximum Gasteiger partial charge on any atom is 0.314 e. The number of cyclic esters (lactones) is 2. The van der Waals surface area contributed by atoms with E-state index in [1.54, 1.807) is 12.5 Å². The van der Waals surface area contributed by atoms with E-state index in [2.05, 4.69) is 4.74 Å². The molecule has 5 heteroatoms. The van der Waals surface area contributed by atoms with E-state index >= 15 is 0 Å². The second-order valence-electron chi connectivity index (χ2n) is 2.09. The molecule has 1 saturated heterocycles. The largest absolute Gasteiger partial charge is 0.393 e. The highest BCUT2D eigenvalue weighted by molar-refractivity contribution is 7.83. The minimum Gasteiger partial charge on any atom is -0.393 e. The molecular formula is C6H10O4S. The van der Waals surface area contributed by atoms with Gasteiger partial charge in [-0.3, -0.25) is 13.8 Å². The van der Waals surface area contributed by atoms with Gasteiger partial charge in [-0.05, 0) is 0 Å². The zero-order valence-electron chi connectivity index (χ0n) is 6.46. The van der Waals surface area contributed by atoms with Crippen LogP contribution in [0.3, 0.4) is 0 Å². The molecule has 0 N–H and O–H groups in total. The molecule has 0 atom stereocenters. The van der Waals surface area contributed by atoms with Gasteiger partial charge >= 0.3 is 11.9 Å². The molecule has 1 fully saturated rings. The molecule has 0 amide bonds. The van der Waals surface area contributed by atoms with Crippen molar-refractivity contribution < 1.29 is 18.5 Å². The number of carbonyl (C=O) groups is 2. The first-order valence-electron chi connectivity index (χ1n) is 3.01. The highest BCUT2D eigenvalue weighted by atomic mass is 32.2. The Labute approximate surface area is 67.4 Å². The number of ether oxygens (including phenoxy) is 1. The molecule has 0 unspecified atom stereocenters. The number of hydrogen-bond acceptors (Lipinski definition) is 4. The predicted molar refractivity (Wildman–Crippen MR) is 40.3 cm³/mol. The lowest BCUT2D eigenvalue weighted by molar-refractivity contribution is -0.151. The molecule has 1 aliphatic heterocycles. The summed E-state index contributed by atoms with van der Waals surface area (Å²) in [6, 6.07) is 0. The Balaban J connectivity index is 0.000000218. The van der Waals surface area contributed by atoms with Crippen molar-refractivity contribution in [1.29, 1.82) is 0 Å². The van der Waals surface area contributed by atoms with Crippen molar-refractivity contribution in [3.63, 3.8) is 0 Å². The molecule has 0 saturated carbocycles. The third kappa shape index (κ3) is 7.18. The quantitative estimate of drug-likeness (QED) is 0.382. The lowest BCUT2D eigenvalue weighted by atomic mass is 10.4. The summed E-state index contributed by atoms with van der Waals surface area (Å²) in [6.07, 6.45) is 3.80. The molecule has 1 heterocycles. The van der Waals surface area contributed by atoms with E-state index in [1.165, 1.54) is 0 Å². The number of esters is 2. The first-order chi connectivity index (χ1) is 5.02. The Kier molecular flexibility index (Phi) is 4.69. The fraction of sp³-hybridized carbons (Fsp3) is 0.667. The van der Waals surface area contributed by atoms with Crippen LogP contribution in [0.1, 0.15) is 12.8 Å². The highest BCUT2D eigenvalue weighted by Gasteiger charge is 2.19. The van der Waals surface area contributed by atoms with Gasteiger partial charge in [-0.2, -0.15) is 0 Å². The fourth-order valence-corrected chi connectivity index (χ4v) is 0.433. The van der Waals surface area contributed by atoms with Crippen LogP contribution >= 0.6 is 0 Å². The summed E-state index contributed by atoms with van der Waals surface area (Å²) >= 11 is 0. The van der Waals surface area contributed by atoms with E-state index < -0.39 is 22.7 Å². The molecule has 4 nitrogen and oxygen atoms in total. The van der Waals surface area contributed by atoms with Gasteiger partial charge in [0.25, 0.3) is 0 Å². The van der Waals surface area contributed by atoms with Crippen molar-refractivity contribution in [2.45, 2.75) is 12.8 Å². The minimum absolute atomic E-state index is 0.263. The summed E-state index contributed by atoms with van der Waals surface area (Å²) in [5.74, 6) is -0.796. The smallest absolute Gasteiger partial charge is 0.314 e. The summed E-state index contributed by atoms with van der Waals surface area (Å²) in [4.78, 5) is 20.0. The third-order valence-electron chi connectivity index (χ3n) is 0.761. The highest BCUT2D eigenvalue weighted by Crippen LogP contribution is 2.03. The van der Waals surface area contributed by atoms with Crippen LogP contribution in [-0.2, 0) is 25.1 Å². The Morgan fingerprint density at radius 1 is 1.18 bits per heavy atom. The summed E-state index contributed by atoms with van der Waals surface area (Å²) in [7, 11) is -0.611. The molecule has 0 aromatic rings. The van der Waals surface area contributed by atoms with Gasteiger partial charge in [0.15, 0.2) is 0 Å². The summed E-state index contributed by atoms with van der Waals surface area (Å²) in [6.45, 7) is 0. The maximum absolute atomic E-state index is 10.0. The lowest BCUT2D eigenvalue weighted by Crippen LogP contribution is -1.94. The van der Waals surface area contributed by atoms with Crippen LogP contribution in [0.15, 0.2) is 0 Å². The summed E-state index contributed by atoms with van der Waals surface area (Å²) < 4.78 is 13.6. The predicted octanol–water partition coefficient (Wildman–Crippen LogP) is -0.155. The average molecular weight is 178 g/mol. The fourth-order valence-electron chi connectivity index (χ4n) is 0.433. The molecular weight excluding hydrogens is 168 g/mol. The van der Waals surface area contributed by atoms with Gasteiger partial charge in [-0.25, -0.2) is 0 Å². The van der Waals surface area contributed by atoms with Crippen molar-refractivity contribution >= 4 is 22.7 Å². The summed E-state index contributed by atoms with van der Waals surface area (Å²) in [5.41, 5.74) is 0. The molecule has 0 spiro atoms. The standard InChI is InChI=1S/C4H4O3.C2H6OS/c5-3-1-2-4(6)7-3;1-4(2)3/h1-2H2;1-2H3. The van der Waals surface area contributed by atoms with Crippen LogP contribution in [0.25, 0.3) is 0 Å². The van der Waals surface area contributed by atoms with Crippen molar-refractivity contribution in [1.82, 2.24) is 0 Å². The molecule has 0 aromatic heterocycles. The Morgan fingerprint density at radius 2 is 1.45 bits per heavy atom. The van der Waals surface area contributed by atoms with Gasteiger partial charge in [0.1, 0.15) is 0 Å². The molecule has 0 aromatic carbocycles. The first kappa shape index (κ1) is 10.3. The van der Waals surface area contributed by atoms with Crippen LogP contribution < -0.4 is 0 Å². The maximum atomic E-state index is 10.0. The van der Waals surface area contributed by atoms with E-state index in [1.807, 2.05) is 0 Å². The topological polar surface area (TPSA) is 60.4 Å². The van der Waals surface area contributed by atoms with Gasteiger partial charge in [0.2, 0.25) is 0 Å². The van der Waals surface area contributed by atoms with Gasteiger partial charge in [-0.1, -0.05) is 0 Å². The monoisotopic (exact) mass is 178 g/mol. The van der Waals surface area contributed by atoms with Crippen molar-refractivity contribution in [2.24, 2.45) is 0 Å². The van der Waals surface area contributed by atoms with E-state index in [9.17, 15) is 13.8 Å². The van der Waals surface area contributed by atoms with Crippen LogP contribution in [-0.4, -0.2) is 28.7 Å². The normalized spacial score (nSPS) is 15.9. The minimum atomic E-state index is -0.611. The van der Waals surface area contributed by atoms with Crippen LogP contribution in [0.2, 0.25) is 0 Å². The van der Waals surface area contributed by atoms with Crippen molar-refractivity contribution in [3.8, 4) is 0 Å². The zero-order valence-corrected chi connectivity index (χ0v) is 7.27. The molecule has 0 radical (unpaired) electrons. The second-order valence-corrected chi connectivity index (χ2v) is 3.57. The van der Waals surface area contributed by atoms with Crippen molar-refractivity contribution in [3.05, 3.63) is 0 Å². The molecule has 1 aliphatic rings.